The highest BCUT2D eigenvalue weighted by Crippen LogP contribution is 1.96. The van der Waals surface area contributed by atoms with Crippen molar-refractivity contribution in [3.63, 3.8) is 0 Å². The summed E-state index contributed by atoms with van der Waals surface area (Å²) >= 11 is 0. The molecule has 0 amide bonds. The van der Waals surface area contributed by atoms with Gasteiger partial charge in [0.2, 0.25) is 11.5 Å². The Morgan fingerprint density at radius 3 is 2.43 bits per heavy atom. The quantitative estimate of drug-likeness (QED) is 0.263. The van der Waals surface area contributed by atoms with Crippen molar-refractivity contribution in [3.05, 3.63) is 48.4 Å². The van der Waals surface area contributed by atoms with Gasteiger partial charge in [-0.15, -0.1) is 0 Å². The summed E-state index contributed by atoms with van der Waals surface area (Å²) in [6.45, 7) is 13.8. The summed E-state index contributed by atoms with van der Waals surface area (Å²) in [4.78, 5) is 11.9. The Kier molecular flexibility index (Phi) is 15.5. The van der Waals surface area contributed by atoms with Gasteiger partial charge in [-0.05, 0) is 26.0 Å². The molecule has 23 heavy (non-hydrogen) atoms. The second-order valence-corrected chi connectivity index (χ2v) is 3.79. The summed E-state index contributed by atoms with van der Waals surface area (Å²) in [6.07, 6.45) is 9.03. The van der Waals surface area contributed by atoms with Gasteiger partial charge in [0.15, 0.2) is 0 Å². The molecule has 0 aromatic carbocycles. The van der Waals surface area contributed by atoms with Gasteiger partial charge in [0.25, 0.3) is 0 Å². The van der Waals surface area contributed by atoms with Crippen LogP contribution in [-0.2, 0) is 4.79 Å². The lowest BCUT2D eigenvalue weighted by atomic mass is 10.2. The van der Waals surface area contributed by atoms with Crippen molar-refractivity contribution in [2.75, 3.05) is 6.54 Å². The number of hydrazine groups is 1. The molecular weight excluding hydrogens is 290 g/mol. The van der Waals surface area contributed by atoms with Crippen LogP contribution >= 0.6 is 0 Å². The predicted molar refractivity (Wildman–Crippen MR) is 96.2 cm³/mol. The Morgan fingerprint density at radius 2 is 1.96 bits per heavy atom. The lowest BCUT2D eigenvalue weighted by Crippen LogP contribution is -2.35. The second-order valence-electron chi connectivity index (χ2n) is 3.79. The van der Waals surface area contributed by atoms with E-state index in [1.54, 1.807) is 18.2 Å². The van der Waals surface area contributed by atoms with Gasteiger partial charge < -0.3 is 5.43 Å². The Morgan fingerprint density at radius 1 is 1.30 bits per heavy atom. The zero-order valence-electron chi connectivity index (χ0n) is 14.6. The molecule has 0 bridgehead atoms. The fourth-order valence-corrected chi connectivity index (χ4v) is 1.15. The number of Topliss-reactive ketones (excluding diaryl/α,β-unsaturated/α-hetero) is 1. The minimum atomic E-state index is -0.572. The SMILES string of the molecule is C=C(NNCC)C(=O)/C(C#N)=N/NC(/C=C\C)=C/C=C\C.CC. The molecule has 0 radical (unpaired) electrons. The lowest BCUT2D eigenvalue weighted by Gasteiger charge is -2.07. The minimum absolute atomic E-state index is 0.0592. The van der Waals surface area contributed by atoms with Crippen LogP contribution in [0.25, 0.3) is 0 Å². The van der Waals surface area contributed by atoms with E-state index < -0.39 is 5.78 Å². The molecule has 0 heterocycles. The first-order valence-corrected chi connectivity index (χ1v) is 7.52. The number of carbonyl (C=O) groups excluding carboxylic acids is 1. The first-order chi connectivity index (χ1) is 11.1. The molecule has 0 rings (SSSR count). The van der Waals surface area contributed by atoms with Crippen LogP contribution in [0.5, 0.6) is 0 Å². The first kappa shape index (κ1) is 22.6. The average Bonchev–Trinajstić information content (AvgIpc) is 2.59. The van der Waals surface area contributed by atoms with Crippen LogP contribution in [-0.4, -0.2) is 18.0 Å². The van der Waals surface area contributed by atoms with Crippen LogP contribution in [0.15, 0.2) is 53.5 Å². The third-order valence-corrected chi connectivity index (χ3v) is 2.12. The molecule has 0 aliphatic rings. The molecule has 0 atom stereocenters. The summed E-state index contributed by atoms with van der Waals surface area (Å²) in [7, 11) is 0. The maximum atomic E-state index is 11.9. The van der Waals surface area contributed by atoms with E-state index in [1.807, 2.05) is 52.8 Å². The van der Waals surface area contributed by atoms with Gasteiger partial charge in [0.1, 0.15) is 6.07 Å². The molecule has 0 aromatic heterocycles. The van der Waals surface area contributed by atoms with Gasteiger partial charge >= 0.3 is 0 Å². The van der Waals surface area contributed by atoms with E-state index >= 15 is 0 Å². The van der Waals surface area contributed by atoms with Crippen LogP contribution in [0, 0.1) is 11.3 Å². The number of nitriles is 1. The first-order valence-electron chi connectivity index (χ1n) is 7.52. The Balaban J connectivity index is 0. The van der Waals surface area contributed by atoms with Gasteiger partial charge in [-0.1, -0.05) is 45.6 Å². The summed E-state index contributed by atoms with van der Waals surface area (Å²) < 4.78 is 0. The fourth-order valence-electron chi connectivity index (χ4n) is 1.15. The fraction of sp³-hybridized carbons (Fsp3) is 0.353. The normalized spacial score (nSPS) is 11.7. The van der Waals surface area contributed by atoms with Crippen LogP contribution in [0.3, 0.4) is 0 Å². The molecule has 0 aliphatic carbocycles. The third kappa shape index (κ3) is 10.7. The summed E-state index contributed by atoms with van der Waals surface area (Å²) in [5, 5.41) is 12.8. The van der Waals surface area contributed by atoms with Gasteiger partial charge in [0.05, 0.1) is 11.4 Å². The molecule has 0 saturated carbocycles. The number of hydrazone groups is 1. The van der Waals surface area contributed by atoms with Crippen molar-refractivity contribution >= 4 is 11.5 Å². The summed E-state index contributed by atoms with van der Waals surface area (Å²) in [6, 6.07) is 1.75. The number of ketones is 1. The van der Waals surface area contributed by atoms with E-state index in [0.717, 1.165) is 0 Å². The molecule has 0 fully saturated rings. The van der Waals surface area contributed by atoms with E-state index in [9.17, 15) is 4.79 Å². The highest BCUT2D eigenvalue weighted by atomic mass is 16.1. The number of allylic oxidation sites excluding steroid dienone is 6. The molecule has 0 saturated heterocycles. The van der Waals surface area contributed by atoms with Crippen molar-refractivity contribution in [2.24, 2.45) is 5.10 Å². The minimum Gasteiger partial charge on any atom is -0.318 e. The van der Waals surface area contributed by atoms with E-state index in [0.29, 0.717) is 12.2 Å². The van der Waals surface area contributed by atoms with Crippen molar-refractivity contribution in [3.8, 4) is 6.07 Å². The Labute approximate surface area is 139 Å². The summed E-state index contributed by atoms with van der Waals surface area (Å²) in [5.41, 5.74) is 8.45. The smallest absolute Gasteiger partial charge is 0.240 e. The van der Waals surface area contributed by atoms with Crippen molar-refractivity contribution < 1.29 is 4.79 Å². The molecule has 0 unspecified atom stereocenters. The van der Waals surface area contributed by atoms with Crippen molar-refractivity contribution in [2.45, 2.75) is 34.6 Å². The third-order valence-electron chi connectivity index (χ3n) is 2.12. The molecule has 0 aliphatic heterocycles. The number of rotatable bonds is 9. The van der Waals surface area contributed by atoms with Crippen LogP contribution in [0.2, 0.25) is 0 Å². The average molecular weight is 317 g/mol. The number of nitrogens with zero attached hydrogens (tertiary/aromatic N) is 2. The number of hydrogen-bond acceptors (Lipinski definition) is 6. The summed E-state index contributed by atoms with van der Waals surface area (Å²) in [5.74, 6) is -0.572. The van der Waals surface area contributed by atoms with Gasteiger partial charge in [-0.2, -0.15) is 10.4 Å². The van der Waals surface area contributed by atoms with Gasteiger partial charge in [0, 0.05) is 6.54 Å². The van der Waals surface area contributed by atoms with Crippen LogP contribution in [0.1, 0.15) is 34.6 Å². The predicted octanol–water partition coefficient (Wildman–Crippen LogP) is 2.71. The van der Waals surface area contributed by atoms with E-state index in [4.69, 9.17) is 5.26 Å². The number of carbonyl (C=O) groups is 1. The molecule has 0 aromatic rings. The van der Waals surface area contributed by atoms with E-state index in [2.05, 4.69) is 28.0 Å². The molecule has 126 valence electrons. The molecular formula is C17H27N5O. The van der Waals surface area contributed by atoms with Crippen molar-refractivity contribution in [1.29, 1.82) is 5.26 Å². The van der Waals surface area contributed by atoms with Crippen LogP contribution < -0.4 is 16.3 Å². The molecule has 3 N–H and O–H groups in total. The van der Waals surface area contributed by atoms with Gasteiger partial charge in [-0.3, -0.25) is 10.2 Å². The topological polar surface area (TPSA) is 89.3 Å². The molecule has 0 spiro atoms. The van der Waals surface area contributed by atoms with E-state index in [-0.39, 0.29) is 11.4 Å². The Hall–Kier alpha value is -2.65. The standard InChI is InChI=1S/C15H21N5O.C2H6/c1-5-8-10-13(9-6-2)19-20-14(11-16)15(21)12(4)18-17-7-3;1-2/h5-6,8-10,17-19H,4,7H2,1-3H3;1-2H3/b8-5-,9-6-,13-10+,20-14+;. The maximum Gasteiger partial charge on any atom is 0.240 e. The number of hydrogen-bond donors (Lipinski definition) is 3. The second kappa shape index (κ2) is 15.7. The lowest BCUT2D eigenvalue weighted by molar-refractivity contribution is -0.110. The zero-order chi connectivity index (χ0) is 18.1. The highest BCUT2D eigenvalue weighted by Gasteiger charge is 2.14. The molecule has 6 nitrogen and oxygen atoms in total. The monoisotopic (exact) mass is 317 g/mol. The maximum absolute atomic E-state index is 11.9. The van der Waals surface area contributed by atoms with Gasteiger partial charge in [-0.25, -0.2) is 5.43 Å². The number of nitrogens with one attached hydrogen (secondary N) is 3. The van der Waals surface area contributed by atoms with E-state index in [1.165, 1.54) is 0 Å². The largest absolute Gasteiger partial charge is 0.318 e. The Bertz CT molecular complexity index is 522. The zero-order valence-corrected chi connectivity index (χ0v) is 14.6. The molecule has 6 heteroatoms. The highest BCUT2D eigenvalue weighted by molar-refractivity contribution is 6.50. The van der Waals surface area contributed by atoms with Crippen LogP contribution in [0.4, 0.5) is 0 Å². The van der Waals surface area contributed by atoms with Crippen molar-refractivity contribution in [1.82, 2.24) is 16.3 Å².